The Morgan fingerprint density at radius 3 is 2.20 bits per heavy atom. The van der Waals surface area contributed by atoms with Gasteiger partial charge in [-0.25, -0.2) is 0 Å². The van der Waals surface area contributed by atoms with Crippen molar-refractivity contribution in [3.63, 3.8) is 0 Å². The predicted molar refractivity (Wildman–Crippen MR) is 42.3 cm³/mol. The number of hydrogen-bond acceptors (Lipinski definition) is 2. The van der Waals surface area contributed by atoms with Crippen molar-refractivity contribution in [2.75, 3.05) is 7.11 Å². The molecular weight excluding hydrogens is 150 g/mol. The van der Waals surface area contributed by atoms with Gasteiger partial charge in [-0.3, -0.25) is 0 Å². The minimum Gasteiger partial charge on any atom is -0.381 e. The van der Waals surface area contributed by atoms with E-state index >= 15 is 0 Å². The van der Waals surface area contributed by atoms with E-state index in [1.54, 1.807) is 7.11 Å². The highest BCUT2D eigenvalue weighted by Gasteiger charge is 2.60. The molecule has 2 N–H and O–H groups in total. The summed E-state index contributed by atoms with van der Waals surface area (Å²) in [5.74, 6) is 0. The number of rotatable bonds is 1. The van der Waals surface area contributed by atoms with Gasteiger partial charge in [-0.15, -0.1) is 12.4 Å². The minimum atomic E-state index is 0. The van der Waals surface area contributed by atoms with E-state index in [4.69, 9.17) is 10.5 Å². The van der Waals surface area contributed by atoms with Crippen molar-refractivity contribution in [1.82, 2.24) is 0 Å². The molecule has 2 aliphatic rings. The monoisotopic (exact) mass is 163 g/mol. The van der Waals surface area contributed by atoms with Crippen LogP contribution in [0.4, 0.5) is 0 Å². The molecule has 0 heterocycles. The number of halogens is 1. The second kappa shape index (κ2) is 2.36. The maximum absolute atomic E-state index is 5.72. The maximum atomic E-state index is 5.72. The first-order valence-corrected chi connectivity index (χ1v) is 3.55. The molecule has 3 heteroatoms. The molecule has 1 spiro atoms. The van der Waals surface area contributed by atoms with Crippen LogP contribution in [0.5, 0.6) is 0 Å². The van der Waals surface area contributed by atoms with Gasteiger partial charge in [0.2, 0.25) is 0 Å². The standard InChI is InChI=1S/C7H13NO.ClH/c1-9-5-2-7(3-5)4-6(7)8;/h5-6H,2-4,8H2,1H3;1H. The Hall–Kier alpha value is 0.210. The van der Waals surface area contributed by atoms with Crippen molar-refractivity contribution in [2.24, 2.45) is 11.1 Å². The van der Waals surface area contributed by atoms with Crippen LogP contribution in [-0.4, -0.2) is 19.3 Å². The van der Waals surface area contributed by atoms with Crippen LogP contribution in [0.25, 0.3) is 0 Å². The molecule has 2 saturated carbocycles. The van der Waals surface area contributed by atoms with Crippen LogP contribution >= 0.6 is 12.4 Å². The van der Waals surface area contributed by atoms with Crippen molar-refractivity contribution < 1.29 is 4.74 Å². The second-order valence-electron chi connectivity index (χ2n) is 3.44. The normalized spacial score (nSPS) is 49.8. The molecule has 10 heavy (non-hydrogen) atoms. The summed E-state index contributed by atoms with van der Waals surface area (Å²) in [6, 6.07) is 0.504. The fourth-order valence-electron chi connectivity index (χ4n) is 1.86. The van der Waals surface area contributed by atoms with E-state index in [0.717, 1.165) is 0 Å². The highest BCUT2D eigenvalue weighted by Crippen LogP contribution is 2.60. The lowest BCUT2D eigenvalue weighted by Crippen LogP contribution is -2.35. The molecular formula is C7H14ClNO. The van der Waals surface area contributed by atoms with E-state index in [0.29, 0.717) is 17.6 Å². The van der Waals surface area contributed by atoms with E-state index in [2.05, 4.69) is 0 Å². The number of nitrogens with two attached hydrogens (primary N) is 1. The molecule has 0 aromatic carbocycles. The minimum absolute atomic E-state index is 0. The first-order chi connectivity index (χ1) is 4.27. The van der Waals surface area contributed by atoms with E-state index in [9.17, 15) is 0 Å². The number of ether oxygens (including phenoxy) is 1. The molecule has 60 valence electrons. The first kappa shape index (κ1) is 8.31. The van der Waals surface area contributed by atoms with Crippen LogP contribution in [0.3, 0.4) is 0 Å². The van der Waals surface area contributed by atoms with Gasteiger partial charge in [-0.05, 0) is 24.7 Å². The zero-order valence-electron chi connectivity index (χ0n) is 6.17. The average Bonchev–Trinajstić information content (AvgIpc) is 2.37. The third-order valence-electron chi connectivity index (χ3n) is 2.85. The Kier molecular flexibility index (Phi) is 1.96. The molecule has 0 amide bonds. The summed E-state index contributed by atoms with van der Waals surface area (Å²) in [6.45, 7) is 0. The van der Waals surface area contributed by atoms with Crippen LogP contribution in [0.15, 0.2) is 0 Å². The molecule has 0 radical (unpaired) electrons. The molecule has 0 bridgehead atoms. The van der Waals surface area contributed by atoms with Crippen molar-refractivity contribution in [3.8, 4) is 0 Å². The second-order valence-corrected chi connectivity index (χ2v) is 3.44. The lowest BCUT2D eigenvalue weighted by molar-refractivity contribution is -0.0125. The van der Waals surface area contributed by atoms with Crippen LogP contribution in [0.1, 0.15) is 19.3 Å². The number of methoxy groups -OCH3 is 1. The van der Waals surface area contributed by atoms with Gasteiger partial charge in [0.1, 0.15) is 0 Å². The van der Waals surface area contributed by atoms with E-state index in [-0.39, 0.29) is 12.4 Å². The quantitative estimate of drug-likeness (QED) is 0.625. The van der Waals surface area contributed by atoms with Crippen molar-refractivity contribution in [3.05, 3.63) is 0 Å². The smallest absolute Gasteiger partial charge is 0.0583 e. The lowest BCUT2D eigenvalue weighted by atomic mass is 9.78. The Morgan fingerprint density at radius 2 is 1.90 bits per heavy atom. The molecule has 0 aromatic heterocycles. The van der Waals surface area contributed by atoms with Gasteiger partial charge in [-0.1, -0.05) is 0 Å². The molecule has 0 aliphatic heterocycles. The van der Waals surface area contributed by atoms with Crippen molar-refractivity contribution in [2.45, 2.75) is 31.4 Å². The Labute approximate surface area is 67.5 Å². The molecule has 2 aliphatic carbocycles. The van der Waals surface area contributed by atoms with Gasteiger partial charge in [0.25, 0.3) is 0 Å². The van der Waals surface area contributed by atoms with Crippen molar-refractivity contribution >= 4 is 12.4 Å². The SMILES string of the molecule is COC1CC2(C1)CC2N.Cl. The van der Waals surface area contributed by atoms with Gasteiger partial charge in [0.05, 0.1) is 6.10 Å². The summed E-state index contributed by atoms with van der Waals surface area (Å²) in [4.78, 5) is 0. The molecule has 0 aromatic rings. The molecule has 2 nitrogen and oxygen atoms in total. The topological polar surface area (TPSA) is 35.2 Å². The fraction of sp³-hybridized carbons (Fsp3) is 1.00. The fourth-order valence-corrected chi connectivity index (χ4v) is 1.86. The first-order valence-electron chi connectivity index (χ1n) is 3.55. The van der Waals surface area contributed by atoms with Crippen LogP contribution in [-0.2, 0) is 4.74 Å². The summed E-state index contributed by atoms with van der Waals surface area (Å²) in [7, 11) is 1.78. The third-order valence-corrected chi connectivity index (χ3v) is 2.85. The Morgan fingerprint density at radius 1 is 1.40 bits per heavy atom. The third kappa shape index (κ3) is 0.949. The molecule has 2 rings (SSSR count). The summed E-state index contributed by atoms with van der Waals surface area (Å²) in [6.07, 6.45) is 4.20. The lowest BCUT2D eigenvalue weighted by Gasteiger charge is -2.35. The van der Waals surface area contributed by atoms with E-state index < -0.39 is 0 Å². The zero-order chi connectivity index (χ0) is 6.48. The van der Waals surface area contributed by atoms with Gasteiger partial charge in [-0.2, -0.15) is 0 Å². The Bertz CT molecular complexity index is 134. The van der Waals surface area contributed by atoms with Crippen LogP contribution in [0.2, 0.25) is 0 Å². The highest BCUT2D eigenvalue weighted by atomic mass is 35.5. The summed E-state index contributed by atoms with van der Waals surface area (Å²) in [5.41, 5.74) is 6.28. The Balaban J connectivity index is 0.000000500. The van der Waals surface area contributed by atoms with E-state index in [1.165, 1.54) is 19.3 Å². The zero-order valence-corrected chi connectivity index (χ0v) is 6.99. The molecule has 2 fully saturated rings. The maximum Gasteiger partial charge on any atom is 0.0583 e. The summed E-state index contributed by atoms with van der Waals surface area (Å²) in [5, 5.41) is 0. The summed E-state index contributed by atoms with van der Waals surface area (Å²) < 4.78 is 5.15. The van der Waals surface area contributed by atoms with Crippen LogP contribution < -0.4 is 5.73 Å². The van der Waals surface area contributed by atoms with Crippen LogP contribution in [0, 0.1) is 5.41 Å². The van der Waals surface area contributed by atoms with Gasteiger partial charge < -0.3 is 10.5 Å². The van der Waals surface area contributed by atoms with Crippen molar-refractivity contribution in [1.29, 1.82) is 0 Å². The van der Waals surface area contributed by atoms with E-state index in [1.807, 2.05) is 0 Å². The largest absolute Gasteiger partial charge is 0.381 e. The van der Waals surface area contributed by atoms with Gasteiger partial charge in [0, 0.05) is 13.2 Å². The molecule has 1 unspecified atom stereocenters. The summed E-state index contributed by atoms with van der Waals surface area (Å²) >= 11 is 0. The van der Waals surface area contributed by atoms with Gasteiger partial charge >= 0.3 is 0 Å². The average molecular weight is 164 g/mol. The van der Waals surface area contributed by atoms with Gasteiger partial charge in [0.15, 0.2) is 0 Å². The molecule has 0 saturated heterocycles. The molecule has 1 atom stereocenters. The predicted octanol–water partition coefficient (Wildman–Crippen LogP) is 0.934. The number of hydrogen-bond donors (Lipinski definition) is 1. The highest BCUT2D eigenvalue weighted by molar-refractivity contribution is 5.85.